The summed E-state index contributed by atoms with van der Waals surface area (Å²) in [5, 5.41) is 10.0. The zero-order chi connectivity index (χ0) is 16.4. The second-order valence-electron chi connectivity index (χ2n) is 4.78. The molecule has 0 spiro atoms. The highest BCUT2D eigenvalue weighted by molar-refractivity contribution is 8.27. The fraction of sp³-hybridized carbons (Fsp3) is 0.0588. The summed E-state index contributed by atoms with van der Waals surface area (Å²) in [6.45, 7) is 0. The summed E-state index contributed by atoms with van der Waals surface area (Å²) in [6.07, 6.45) is 1.64. The number of methoxy groups -OCH3 is 1. The molecule has 0 unspecified atom stereocenters. The van der Waals surface area contributed by atoms with Crippen LogP contribution < -0.4 is 9.64 Å². The molecule has 0 aliphatic carbocycles. The van der Waals surface area contributed by atoms with E-state index in [1.165, 1.54) is 29.8 Å². The van der Waals surface area contributed by atoms with Gasteiger partial charge in [0.05, 0.1) is 17.7 Å². The molecule has 1 N–H and O–H groups in total. The van der Waals surface area contributed by atoms with Crippen molar-refractivity contribution in [3.8, 4) is 11.5 Å². The molecular weight excluding hydrogens is 330 g/mol. The van der Waals surface area contributed by atoms with Crippen molar-refractivity contribution in [2.24, 2.45) is 0 Å². The lowest BCUT2D eigenvalue weighted by molar-refractivity contribution is -0.113. The van der Waals surface area contributed by atoms with Gasteiger partial charge in [0.15, 0.2) is 4.32 Å². The maximum Gasteiger partial charge on any atom is 0.270 e. The Morgan fingerprint density at radius 3 is 2.61 bits per heavy atom. The molecule has 1 heterocycles. The predicted octanol–water partition coefficient (Wildman–Crippen LogP) is 3.81. The van der Waals surface area contributed by atoms with Crippen LogP contribution in [0.1, 0.15) is 5.56 Å². The maximum absolute atomic E-state index is 12.6. The number of anilines is 1. The Kier molecular flexibility index (Phi) is 4.36. The van der Waals surface area contributed by atoms with Crippen molar-refractivity contribution < 1.29 is 14.6 Å². The van der Waals surface area contributed by atoms with E-state index in [-0.39, 0.29) is 11.7 Å². The largest absolute Gasteiger partial charge is 0.507 e. The zero-order valence-electron chi connectivity index (χ0n) is 12.2. The number of hydrogen-bond donors (Lipinski definition) is 1. The first-order chi connectivity index (χ1) is 11.1. The van der Waals surface area contributed by atoms with E-state index in [9.17, 15) is 9.90 Å². The number of phenolic OH excluding ortho intramolecular Hbond substituents is 1. The molecule has 0 radical (unpaired) electrons. The minimum absolute atomic E-state index is 0.0503. The first-order valence-corrected chi connectivity index (χ1v) is 8.02. The number of carbonyl (C=O) groups excluding carboxylic acids is 1. The molecule has 2 aromatic rings. The molecule has 1 aliphatic heterocycles. The number of phenols is 1. The van der Waals surface area contributed by atoms with Gasteiger partial charge in [-0.1, -0.05) is 42.2 Å². The van der Waals surface area contributed by atoms with E-state index in [0.717, 1.165) is 5.69 Å². The monoisotopic (exact) mass is 343 g/mol. The fourth-order valence-electron chi connectivity index (χ4n) is 2.18. The summed E-state index contributed by atoms with van der Waals surface area (Å²) < 4.78 is 5.52. The van der Waals surface area contributed by atoms with Crippen LogP contribution in [0.25, 0.3) is 6.08 Å². The van der Waals surface area contributed by atoms with Gasteiger partial charge in [-0.05, 0) is 30.3 Å². The number of hydrogen-bond acceptors (Lipinski definition) is 5. The third-order valence-electron chi connectivity index (χ3n) is 3.33. The quantitative estimate of drug-likeness (QED) is 0.678. The number of nitrogens with zero attached hydrogens (tertiary/aromatic N) is 1. The Labute approximate surface area is 143 Å². The Morgan fingerprint density at radius 1 is 1.22 bits per heavy atom. The van der Waals surface area contributed by atoms with Gasteiger partial charge >= 0.3 is 0 Å². The third kappa shape index (κ3) is 3.09. The molecule has 1 saturated heterocycles. The van der Waals surface area contributed by atoms with Gasteiger partial charge in [0.2, 0.25) is 0 Å². The van der Waals surface area contributed by atoms with Crippen LogP contribution in [0.4, 0.5) is 5.69 Å². The Hall–Kier alpha value is -2.31. The van der Waals surface area contributed by atoms with Crippen LogP contribution in [0.2, 0.25) is 0 Å². The number of carbonyl (C=O) groups is 1. The molecule has 0 atom stereocenters. The highest BCUT2D eigenvalue weighted by atomic mass is 32.2. The van der Waals surface area contributed by atoms with Gasteiger partial charge in [-0.3, -0.25) is 9.69 Å². The standard InChI is InChI=1S/C17H13NO3S2/c1-21-13-8-7-11(14(19)10-13)9-15-16(20)18(17(22)23-15)12-5-3-2-4-6-12/h2-10,19H,1H3. The third-order valence-corrected chi connectivity index (χ3v) is 4.63. The molecule has 116 valence electrons. The molecule has 0 saturated carbocycles. The lowest BCUT2D eigenvalue weighted by Gasteiger charge is -2.13. The number of aromatic hydroxyl groups is 1. The topological polar surface area (TPSA) is 49.8 Å². The molecule has 23 heavy (non-hydrogen) atoms. The smallest absolute Gasteiger partial charge is 0.270 e. The Morgan fingerprint density at radius 2 is 1.96 bits per heavy atom. The molecule has 1 amide bonds. The number of para-hydroxylation sites is 1. The van der Waals surface area contributed by atoms with E-state index in [4.69, 9.17) is 17.0 Å². The van der Waals surface area contributed by atoms with Crippen molar-refractivity contribution in [3.63, 3.8) is 0 Å². The average Bonchev–Trinajstić information content (AvgIpc) is 2.84. The molecule has 1 aliphatic rings. The number of benzene rings is 2. The molecule has 0 aromatic heterocycles. The highest BCUT2D eigenvalue weighted by Crippen LogP contribution is 2.37. The molecule has 0 bridgehead atoms. The van der Waals surface area contributed by atoms with E-state index in [1.807, 2.05) is 30.3 Å². The first-order valence-electron chi connectivity index (χ1n) is 6.80. The van der Waals surface area contributed by atoms with E-state index in [2.05, 4.69) is 0 Å². The second kappa shape index (κ2) is 6.44. The zero-order valence-corrected chi connectivity index (χ0v) is 13.9. The van der Waals surface area contributed by atoms with Gasteiger partial charge in [0, 0.05) is 11.6 Å². The highest BCUT2D eigenvalue weighted by Gasteiger charge is 2.33. The number of amides is 1. The summed E-state index contributed by atoms with van der Waals surface area (Å²) in [5.74, 6) is 0.409. The van der Waals surface area contributed by atoms with Crippen LogP contribution in [0, 0.1) is 0 Å². The lowest BCUT2D eigenvalue weighted by atomic mass is 10.1. The van der Waals surface area contributed by atoms with Gasteiger partial charge in [-0.25, -0.2) is 0 Å². The Balaban J connectivity index is 1.93. The minimum Gasteiger partial charge on any atom is -0.507 e. The molecule has 2 aromatic carbocycles. The van der Waals surface area contributed by atoms with Crippen molar-refractivity contribution in [2.75, 3.05) is 12.0 Å². The lowest BCUT2D eigenvalue weighted by Crippen LogP contribution is -2.27. The van der Waals surface area contributed by atoms with Crippen LogP contribution in [0.3, 0.4) is 0 Å². The fourth-order valence-corrected chi connectivity index (χ4v) is 3.47. The molecule has 6 heteroatoms. The van der Waals surface area contributed by atoms with E-state index < -0.39 is 0 Å². The number of ether oxygens (including phenoxy) is 1. The van der Waals surface area contributed by atoms with E-state index >= 15 is 0 Å². The van der Waals surface area contributed by atoms with E-state index in [0.29, 0.717) is 20.5 Å². The van der Waals surface area contributed by atoms with Crippen LogP contribution in [-0.2, 0) is 4.79 Å². The summed E-state index contributed by atoms with van der Waals surface area (Å²) in [6, 6.07) is 14.2. The number of rotatable bonds is 3. The summed E-state index contributed by atoms with van der Waals surface area (Å²) >= 11 is 6.53. The molecule has 1 fully saturated rings. The number of thiocarbonyl (C=S) groups is 1. The first kappa shape index (κ1) is 15.6. The minimum atomic E-state index is -0.193. The molecular formula is C17H13NO3S2. The second-order valence-corrected chi connectivity index (χ2v) is 6.45. The van der Waals surface area contributed by atoms with Gasteiger partial charge < -0.3 is 9.84 Å². The normalized spacial score (nSPS) is 16.2. The van der Waals surface area contributed by atoms with Crippen molar-refractivity contribution >= 4 is 46.0 Å². The summed E-state index contributed by atoms with van der Waals surface area (Å²) in [4.78, 5) is 14.6. The van der Waals surface area contributed by atoms with Gasteiger partial charge in [0.1, 0.15) is 11.5 Å². The van der Waals surface area contributed by atoms with Gasteiger partial charge in [0.25, 0.3) is 5.91 Å². The van der Waals surface area contributed by atoms with Crippen LogP contribution >= 0.6 is 24.0 Å². The van der Waals surface area contributed by atoms with Crippen molar-refractivity contribution in [1.29, 1.82) is 0 Å². The van der Waals surface area contributed by atoms with Crippen LogP contribution in [0.15, 0.2) is 53.4 Å². The molecule has 4 nitrogen and oxygen atoms in total. The van der Waals surface area contributed by atoms with Crippen LogP contribution in [-0.4, -0.2) is 22.4 Å². The average molecular weight is 343 g/mol. The maximum atomic E-state index is 12.6. The van der Waals surface area contributed by atoms with Gasteiger partial charge in [-0.15, -0.1) is 0 Å². The van der Waals surface area contributed by atoms with Crippen molar-refractivity contribution in [1.82, 2.24) is 0 Å². The van der Waals surface area contributed by atoms with Crippen LogP contribution in [0.5, 0.6) is 11.5 Å². The SMILES string of the molecule is COc1ccc(C=C2SC(=S)N(c3ccccc3)C2=O)c(O)c1. The predicted molar refractivity (Wildman–Crippen MR) is 96.8 cm³/mol. The number of thioether (sulfide) groups is 1. The van der Waals surface area contributed by atoms with E-state index in [1.54, 1.807) is 18.2 Å². The van der Waals surface area contributed by atoms with Crippen molar-refractivity contribution in [2.45, 2.75) is 0 Å². The van der Waals surface area contributed by atoms with Gasteiger partial charge in [-0.2, -0.15) is 0 Å². The van der Waals surface area contributed by atoms with Crippen molar-refractivity contribution in [3.05, 3.63) is 59.0 Å². The Bertz CT molecular complexity index is 803. The summed E-state index contributed by atoms with van der Waals surface area (Å²) in [5.41, 5.74) is 1.27. The summed E-state index contributed by atoms with van der Waals surface area (Å²) in [7, 11) is 1.53. The molecule has 3 rings (SSSR count).